The molecular formula is C15H27NOS. The lowest BCUT2D eigenvalue weighted by atomic mass is 10.1. The SMILES string of the molecule is CCC(CC)COCc1ccc(CNC(C)C)s1. The fraction of sp³-hybridized carbons (Fsp3) is 0.733. The molecule has 1 heterocycles. The van der Waals surface area contributed by atoms with Crippen molar-refractivity contribution in [3.05, 3.63) is 21.9 Å². The highest BCUT2D eigenvalue weighted by Crippen LogP contribution is 2.18. The molecule has 0 saturated heterocycles. The van der Waals surface area contributed by atoms with Gasteiger partial charge in [0.2, 0.25) is 0 Å². The van der Waals surface area contributed by atoms with Crippen molar-refractivity contribution in [1.82, 2.24) is 5.32 Å². The van der Waals surface area contributed by atoms with Crippen molar-refractivity contribution in [2.45, 2.75) is 59.7 Å². The monoisotopic (exact) mass is 269 g/mol. The van der Waals surface area contributed by atoms with Gasteiger partial charge in [-0.1, -0.05) is 40.5 Å². The van der Waals surface area contributed by atoms with E-state index in [9.17, 15) is 0 Å². The first-order valence-corrected chi connectivity index (χ1v) is 7.86. The second-order valence-electron chi connectivity index (χ2n) is 5.10. The summed E-state index contributed by atoms with van der Waals surface area (Å²) in [5.74, 6) is 0.715. The summed E-state index contributed by atoms with van der Waals surface area (Å²) in [7, 11) is 0. The molecule has 1 N–H and O–H groups in total. The Labute approximate surface area is 116 Å². The Morgan fingerprint density at radius 1 is 1.17 bits per heavy atom. The van der Waals surface area contributed by atoms with E-state index in [-0.39, 0.29) is 0 Å². The van der Waals surface area contributed by atoms with Crippen LogP contribution in [0.25, 0.3) is 0 Å². The van der Waals surface area contributed by atoms with Crippen LogP contribution in [0, 0.1) is 5.92 Å². The van der Waals surface area contributed by atoms with Crippen molar-refractivity contribution in [1.29, 1.82) is 0 Å². The molecule has 0 radical (unpaired) electrons. The zero-order valence-corrected chi connectivity index (χ0v) is 13.0. The van der Waals surface area contributed by atoms with Gasteiger partial charge in [-0.15, -0.1) is 11.3 Å². The average Bonchev–Trinajstić information content (AvgIpc) is 2.80. The second-order valence-corrected chi connectivity index (χ2v) is 6.35. The van der Waals surface area contributed by atoms with E-state index in [0.29, 0.717) is 12.0 Å². The normalized spacial score (nSPS) is 11.7. The van der Waals surface area contributed by atoms with Gasteiger partial charge < -0.3 is 10.1 Å². The van der Waals surface area contributed by atoms with Crippen LogP contribution in [-0.4, -0.2) is 12.6 Å². The lowest BCUT2D eigenvalue weighted by molar-refractivity contribution is 0.0860. The molecule has 0 aliphatic carbocycles. The molecule has 1 aromatic rings. The van der Waals surface area contributed by atoms with Crippen molar-refractivity contribution >= 4 is 11.3 Å². The number of hydrogen-bond donors (Lipinski definition) is 1. The molecule has 18 heavy (non-hydrogen) atoms. The van der Waals surface area contributed by atoms with Crippen molar-refractivity contribution in [2.75, 3.05) is 6.61 Å². The maximum atomic E-state index is 5.79. The number of rotatable bonds is 9. The number of thiophene rings is 1. The third-order valence-corrected chi connectivity index (χ3v) is 4.21. The standard InChI is InChI=1S/C15H27NOS/c1-5-13(6-2)10-17-11-15-8-7-14(18-15)9-16-12(3)4/h7-8,12-13,16H,5-6,9-11H2,1-4H3. The molecule has 2 nitrogen and oxygen atoms in total. The molecule has 0 unspecified atom stereocenters. The van der Waals surface area contributed by atoms with Crippen molar-refractivity contribution in [3.63, 3.8) is 0 Å². The second kappa shape index (κ2) is 8.68. The summed E-state index contributed by atoms with van der Waals surface area (Å²) >= 11 is 1.85. The topological polar surface area (TPSA) is 21.3 Å². The van der Waals surface area contributed by atoms with Crippen molar-refractivity contribution in [3.8, 4) is 0 Å². The van der Waals surface area contributed by atoms with Crippen LogP contribution in [0.15, 0.2) is 12.1 Å². The summed E-state index contributed by atoms with van der Waals surface area (Å²) < 4.78 is 5.79. The van der Waals surface area contributed by atoms with Crippen molar-refractivity contribution < 1.29 is 4.74 Å². The first kappa shape index (κ1) is 15.7. The van der Waals surface area contributed by atoms with Crippen LogP contribution >= 0.6 is 11.3 Å². The summed E-state index contributed by atoms with van der Waals surface area (Å²) in [6.07, 6.45) is 2.43. The Kier molecular flexibility index (Phi) is 7.56. The zero-order chi connectivity index (χ0) is 13.4. The van der Waals surface area contributed by atoms with Gasteiger partial charge in [-0.25, -0.2) is 0 Å². The summed E-state index contributed by atoms with van der Waals surface area (Å²) in [5.41, 5.74) is 0. The largest absolute Gasteiger partial charge is 0.376 e. The number of nitrogens with one attached hydrogen (secondary N) is 1. The van der Waals surface area contributed by atoms with Crippen LogP contribution in [-0.2, 0) is 17.9 Å². The Morgan fingerprint density at radius 2 is 1.83 bits per heavy atom. The lowest BCUT2D eigenvalue weighted by Crippen LogP contribution is -2.21. The summed E-state index contributed by atoms with van der Waals surface area (Å²) in [6.45, 7) is 11.4. The van der Waals surface area contributed by atoms with Gasteiger partial charge in [0, 0.05) is 28.9 Å². The highest BCUT2D eigenvalue weighted by Gasteiger charge is 2.05. The molecule has 1 aromatic heterocycles. The van der Waals surface area contributed by atoms with Crippen LogP contribution in [0.5, 0.6) is 0 Å². The van der Waals surface area contributed by atoms with Crippen LogP contribution in [0.1, 0.15) is 50.3 Å². The Hall–Kier alpha value is -0.380. The maximum Gasteiger partial charge on any atom is 0.0809 e. The molecule has 1 rings (SSSR count). The minimum Gasteiger partial charge on any atom is -0.376 e. The predicted octanol–water partition coefficient (Wildman–Crippen LogP) is 4.20. The van der Waals surface area contributed by atoms with E-state index in [1.165, 1.54) is 22.6 Å². The minimum atomic E-state index is 0.543. The van der Waals surface area contributed by atoms with Gasteiger partial charge in [0.25, 0.3) is 0 Å². The van der Waals surface area contributed by atoms with Gasteiger partial charge in [0.1, 0.15) is 0 Å². The van der Waals surface area contributed by atoms with Gasteiger partial charge >= 0.3 is 0 Å². The highest BCUT2D eigenvalue weighted by atomic mass is 32.1. The van der Waals surface area contributed by atoms with Crippen LogP contribution in [0.3, 0.4) is 0 Å². The highest BCUT2D eigenvalue weighted by molar-refractivity contribution is 7.11. The first-order chi connectivity index (χ1) is 8.65. The third kappa shape index (κ3) is 5.98. The van der Waals surface area contributed by atoms with E-state index in [2.05, 4.69) is 45.1 Å². The zero-order valence-electron chi connectivity index (χ0n) is 12.2. The molecule has 3 heteroatoms. The fourth-order valence-electron chi connectivity index (χ4n) is 1.75. The van der Waals surface area contributed by atoms with Gasteiger partial charge in [-0.05, 0) is 18.1 Å². The summed E-state index contributed by atoms with van der Waals surface area (Å²) in [4.78, 5) is 2.73. The minimum absolute atomic E-state index is 0.543. The van der Waals surface area contributed by atoms with E-state index in [4.69, 9.17) is 4.74 Å². The Balaban J connectivity index is 2.26. The van der Waals surface area contributed by atoms with Crippen LogP contribution < -0.4 is 5.32 Å². The summed E-state index contributed by atoms with van der Waals surface area (Å²) in [5, 5.41) is 3.44. The van der Waals surface area contributed by atoms with Gasteiger partial charge in [-0.2, -0.15) is 0 Å². The molecule has 0 amide bonds. The molecule has 0 fully saturated rings. The molecule has 0 bridgehead atoms. The van der Waals surface area contributed by atoms with Gasteiger partial charge in [0.05, 0.1) is 6.61 Å². The van der Waals surface area contributed by atoms with Crippen LogP contribution in [0.2, 0.25) is 0 Å². The molecule has 0 aliphatic rings. The van der Waals surface area contributed by atoms with Gasteiger partial charge in [-0.3, -0.25) is 0 Å². The smallest absolute Gasteiger partial charge is 0.0809 e. The molecule has 0 saturated carbocycles. The first-order valence-electron chi connectivity index (χ1n) is 7.04. The van der Waals surface area contributed by atoms with E-state index >= 15 is 0 Å². The third-order valence-electron chi connectivity index (χ3n) is 3.15. The molecule has 0 aliphatic heterocycles. The van der Waals surface area contributed by atoms with E-state index in [1.807, 2.05) is 11.3 Å². The van der Waals surface area contributed by atoms with E-state index in [1.54, 1.807) is 0 Å². The quantitative estimate of drug-likeness (QED) is 0.725. The van der Waals surface area contributed by atoms with Crippen LogP contribution in [0.4, 0.5) is 0 Å². The van der Waals surface area contributed by atoms with Crippen molar-refractivity contribution in [2.24, 2.45) is 5.92 Å². The maximum absolute atomic E-state index is 5.79. The molecule has 104 valence electrons. The molecule has 0 atom stereocenters. The summed E-state index contributed by atoms with van der Waals surface area (Å²) in [6, 6.07) is 4.94. The molecular weight excluding hydrogens is 242 g/mol. The van der Waals surface area contributed by atoms with E-state index < -0.39 is 0 Å². The fourth-order valence-corrected chi connectivity index (χ4v) is 2.66. The molecule has 0 aromatic carbocycles. The molecule has 0 spiro atoms. The average molecular weight is 269 g/mol. The number of hydrogen-bond acceptors (Lipinski definition) is 3. The number of ether oxygens (including phenoxy) is 1. The predicted molar refractivity (Wildman–Crippen MR) is 80.0 cm³/mol. The van der Waals surface area contributed by atoms with Gasteiger partial charge in [0.15, 0.2) is 0 Å². The Morgan fingerprint density at radius 3 is 2.44 bits per heavy atom. The Bertz CT molecular complexity index is 318. The lowest BCUT2D eigenvalue weighted by Gasteiger charge is -2.11. The van der Waals surface area contributed by atoms with E-state index in [0.717, 1.165) is 19.8 Å².